The third kappa shape index (κ3) is 7.67. The Labute approximate surface area is 251 Å². The van der Waals surface area contributed by atoms with Crippen LogP contribution in [0.5, 0.6) is 5.75 Å². The molecule has 0 bridgehead atoms. The Hall–Kier alpha value is -4.06. The van der Waals surface area contributed by atoms with Crippen molar-refractivity contribution in [2.24, 2.45) is 5.92 Å². The van der Waals surface area contributed by atoms with Gasteiger partial charge in [-0.1, -0.05) is 37.0 Å². The number of aryl methyl sites for hydroxylation is 3. The number of rotatable bonds is 8. The van der Waals surface area contributed by atoms with Gasteiger partial charge in [-0.15, -0.1) is 24.5 Å². The molecular weight excluding hydrogens is 583 g/mol. The van der Waals surface area contributed by atoms with Crippen LogP contribution in [0.4, 0.5) is 29.3 Å². The molecule has 4 rings (SSSR count). The van der Waals surface area contributed by atoms with E-state index in [0.717, 1.165) is 59.4 Å². The largest absolute Gasteiger partial charge is 0.573 e. The maximum atomic E-state index is 13.7. The summed E-state index contributed by atoms with van der Waals surface area (Å²) in [6.07, 6.45) is -0.785. The quantitative estimate of drug-likeness (QED) is 0.204. The number of carboxylic acid groups (broad SMARTS) is 1. The van der Waals surface area contributed by atoms with Crippen molar-refractivity contribution in [2.75, 3.05) is 10.6 Å². The van der Waals surface area contributed by atoms with E-state index in [1.54, 1.807) is 0 Å². The number of hydrogen-bond donors (Lipinski definition) is 4. The molecule has 2 aromatic carbocycles. The Kier molecular flexibility index (Phi) is 9.38. The van der Waals surface area contributed by atoms with E-state index < -0.39 is 35.6 Å². The van der Waals surface area contributed by atoms with Gasteiger partial charge in [-0.3, -0.25) is 4.79 Å². The van der Waals surface area contributed by atoms with Gasteiger partial charge in [0.2, 0.25) is 0 Å². The van der Waals surface area contributed by atoms with Gasteiger partial charge in [-0.05, 0) is 93.5 Å². The highest BCUT2D eigenvalue weighted by Gasteiger charge is 2.43. The summed E-state index contributed by atoms with van der Waals surface area (Å²) in [6.45, 7) is 7.17. The number of benzene rings is 2. The van der Waals surface area contributed by atoms with E-state index in [1.807, 2.05) is 32.9 Å². The van der Waals surface area contributed by atoms with E-state index in [2.05, 4.69) is 20.7 Å². The number of halogens is 3. The van der Waals surface area contributed by atoms with E-state index >= 15 is 0 Å². The van der Waals surface area contributed by atoms with Crippen LogP contribution in [0.1, 0.15) is 65.4 Å². The van der Waals surface area contributed by atoms with Crippen molar-refractivity contribution >= 4 is 40.6 Å². The van der Waals surface area contributed by atoms with Crippen molar-refractivity contribution in [3.63, 3.8) is 0 Å². The van der Waals surface area contributed by atoms with Crippen LogP contribution >= 0.6 is 11.3 Å². The first-order chi connectivity index (χ1) is 20.2. The molecule has 0 unspecified atom stereocenters. The minimum absolute atomic E-state index is 0.0569. The van der Waals surface area contributed by atoms with E-state index in [9.17, 15) is 32.7 Å². The fraction of sp³-hybridized carbons (Fsp3) is 0.387. The molecule has 1 heterocycles. The minimum atomic E-state index is -4.84. The second kappa shape index (κ2) is 12.7. The predicted molar refractivity (Wildman–Crippen MR) is 160 cm³/mol. The normalized spacial score (nSPS) is 15.3. The lowest BCUT2D eigenvalue weighted by atomic mass is 9.75. The second-order valence-corrected chi connectivity index (χ2v) is 12.1. The lowest BCUT2D eigenvalue weighted by Gasteiger charge is -2.37. The second-order valence-electron chi connectivity index (χ2n) is 11.1. The molecule has 230 valence electrons. The Morgan fingerprint density at radius 3 is 2.09 bits per heavy atom. The minimum Gasteiger partial charge on any atom is -0.480 e. The highest BCUT2D eigenvalue weighted by atomic mass is 32.1. The first-order valence-corrected chi connectivity index (χ1v) is 14.7. The molecule has 1 fully saturated rings. The molecule has 43 heavy (non-hydrogen) atoms. The maximum absolute atomic E-state index is 13.7. The number of carbonyl (C=O) groups is 3. The molecule has 4 N–H and O–H groups in total. The highest BCUT2D eigenvalue weighted by molar-refractivity contribution is 7.18. The van der Waals surface area contributed by atoms with Crippen LogP contribution in [0, 0.1) is 26.7 Å². The molecule has 3 aromatic rings. The summed E-state index contributed by atoms with van der Waals surface area (Å²) in [6, 6.07) is 9.87. The predicted octanol–water partition coefficient (Wildman–Crippen LogP) is 8.04. The number of anilines is 2. The van der Waals surface area contributed by atoms with E-state index in [4.69, 9.17) is 0 Å². The number of urea groups is 1. The zero-order valence-corrected chi connectivity index (χ0v) is 25.1. The molecule has 3 amide bonds. The summed E-state index contributed by atoms with van der Waals surface area (Å²) in [4.78, 5) is 39.8. The fourth-order valence-corrected chi connectivity index (χ4v) is 6.58. The third-order valence-corrected chi connectivity index (χ3v) is 8.90. The molecule has 1 atom stereocenters. The van der Waals surface area contributed by atoms with E-state index in [1.165, 1.54) is 25.1 Å². The number of thiophene rings is 1. The molecule has 0 saturated heterocycles. The monoisotopic (exact) mass is 617 g/mol. The van der Waals surface area contributed by atoms with Crippen LogP contribution in [-0.2, 0) is 4.79 Å². The van der Waals surface area contributed by atoms with Crippen molar-refractivity contribution in [1.29, 1.82) is 0 Å². The number of alkyl halides is 3. The molecule has 1 aliphatic carbocycles. The average molecular weight is 618 g/mol. The molecule has 1 saturated carbocycles. The van der Waals surface area contributed by atoms with E-state index in [0.29, 0.717) is 29.0 Å². The number of nitrogens with one attached hydrogen (secondary N) is 3. The first kappa shape index (κ1) is 31.9. The zero-order valence-electron chi connectivity index (χ0n) is 24.3. The molecule has 8 nitrogen and oxygen atoms in total. The van der Waals surface area contributed by atoms with Crippen molar-refractivity contribution in [3.8, 4) is 16.2 Å². The summed E-state index contributed by atoms with van der Waals surface area (Å²) in [5.41, 5.74) is 2.41. The Morgan fingerprint density at radius 1 is 0.930 bits per heavy atom. The lowest BCUT2D eigenvalue weighted by Crippen LogP contribution is -2.57. The summed E-state index contributed by atoms with van der Waals surface area (Å²) in [7, 11) is 0. The highest BCUT2D eigenvalue weighted by Crippen LogP contribution is 2.38. The number of aliphatic carboxylic acids is 1. The van der Waals surface area contributed by atoms with Gasteiger partial charge in [0.05, 0.1) is 5.69 Å². The average Bonchev–Trinajstić information content (AvgIpc) is 3.34. The summed E-state index contributed by atoms with van der Waals surface area (Å²) in [5.74, 6) is -2.50. The Bertz CT molecular complexity index is 1490. The summed E-state index contributed by atoms with van der Waals surface area (Å²) < 4.78 is 41.8. The van der Waals surface area contributed by atoms with Gasteiger partial charge in [0.1, 0.15) is 16.2 Å². The van der Waals surface area contributed by atoms with Crippen molar-refractivity contribution in [1.82, 2.24) is 5.32 Å². The molecule has 1 aliphatic rings. The van der Waals surface area contributed by atoms with Gasteiger partial charge in [0, 0.05) is 10.6 Å². The van der Waals surface area contributed by atoms with Crippen molar-refractivity contribution in [3.05, 3.63) is 64.0 Å². The van der Waals surface area contributed by atoms with Crippen LogP contribution < -0.4 is 20.7 Å². The Balaban J connectivity index is 1.66. The number of ether oxygens (including phenoxy) is 1. The van der Waals surface area contributed by atoms with E-state index in [-0.39, 0.29) is 16.5 Å². The molecule has 0 aliphatic heterocycles. The molecule has 12 heteroatoms. The topological polar surface area (TPSA) is 117 Å². The van der Waals surface area contributed by atoms with Crippen LogP contribution in [0.2, 0.25) is 0 Å². The van der Waals surface area contributed by atoms with Crippen molar-refractivity contribution in [2.45, 2.75) is 71.7 Å². The van der Waals surface area contributed by atoms with Gasteiger partial charge in [-0.25, -0.2) is 9.59 Å². The van der Waals surface area contributed by atoms with Crippen LogP contribution in [-0.4, -0.2) is 34.9 Å². The zero-order chi connectivity index (χ0) is 31.5. The van der Waals surface area contributed by atoms with Crippen LogP contribution in [0.3, 0.4) is 0 Å². The standard InChI is InChI=1S/C31H34F3N3O5S/c1-17-14-18(2)25(19(3)15-17)36-29(41)35-23-16-24(20-10-12-22(13-11-20)42-31(32,33)34)43-26(23)27(38)37-30(4,28(39)40)21-8-6-5-7-9-21/h10-16,21H,5-9H2,1-4H3,(H,37,38)(H,39,40)(H2,35,36,41)/t30-/m0/s1. The van der Waals surface area contributed by atoms with Crippen LogP contribution in [0.25, 0.3) is 10.4 Å². The number of carbonyl (C=O) groups excluding carboxylic acids is 2. The smallest absolute Gasteiger partial charge is 0.480 e. The van der Waals surface area contributed by atoms with Crippen molar-refractivity contribution < 1.29 is 37.4 Å². The molecule has 0 radical (unpaired) electrons. The van der Waals surface area contributed by atoms with Gasteiger partial charge in [0.25, 0.3) is 5.91 Å². The SMILES string of the molecule is Cc1cc(C)c(NC(=O)Nc2cc(-c3ccc(OC(F)(F)F)cc3)sc2C(=O)N[C@](C)(C(=O)O)C2CCCCC2)c(C)c1. The molecule has 0 spiro atoms. The van der Waals surface area contributed by atoms with Gasteiger partial charge >= 0.3 is 18.4 Å². The first-order valence-electron chi connectivity index (χ1n) is 13.9. The van der Waals surface area contributed by atoms with Gasteiger partial charge in [0.15, 0.2) is 0 Å². The summed E-state index contributed by atoms with van der Waals surface area (Å²) in [5, 5.41) is 18.4. The third-order valence-electron chi connectivity index (χ3n) is 7.71. The Morgan fingerprint density at radius 2 is 1.53 bits per heavy atom. The maximum Gasteiger partial charge on any atom is 0.573 e. The summed E-state index contributed by atoms with van der Waals surface area (Å²) >= 11 is 0.985. The van der Waals surface area contributed by atoms with Crippen LogP contribution in [0.15, 0.2) is 42.5 Å². The number of carboxylic acids is 1. The van der Waals surface area contributed by atoms with Gasteiger partial charge in [-0.2, -0.15) is 0 Å². The van der Waals surface area contributed by atoms with Gasteiger partial charge < -0.3 is 25.8 Å². The number of hydrogen-bond acceptors (Lipinski definition) is 5. The molecule has 1 aromatic heterocycles. The number of amides is 3. The lowest BCUT2D eigenvalue weighted by molar-refractivity contribution is -0.274. The molecular formula is C31H34F3N3O5S. The fourth-order valence-electron chi connectivity index (χ4n) is 5.56.